The summed E-state index contributed by atoms with van der Waals surface area (Å²) in [5, 5.41) is 4.52. The molecule has 0 saturated carbocycles. The van der Waals surface area contributed by atoms with E-state index in [1.54, 1.807) is 18.5 Å². The summed E-state index contributed by atoms with van der Waals surface area (Å²) in [5.41, 5.74) is 1.80. The largest absolute Gasteiger partial charge is 0.387 e. The molecule has 1 N–H and O–H groups in total. The molecule has 4 heteroatoms. The van der Waals surface area contributed by atoms with Crippen LogP contribution in [0.5, 0.6) is 0 Å². The minimum atomic E-state index is 0.489. The Bertz CT molecular complexity index is 442. The van der Waals surface area contributed by atoms with Crippen LogP contribution >= 0.6 is 11.6 Å². The van der Waals surface area contributed by atoms with Gasteiger partial charge in [-0.1, -0.05) is 11.6 Å². The molecule has 2 aromatic heterocycles. The zero-order chi connectivity index (χ0) is 9.26. The van der Waals surface area contributed by atoms with Crippen molar-refractivity contribution in [3.63, 3.8) is 0 Å². The highest BCUT2D eigenvalue weighted by Crippen LogP contribution is 2.23. The van der Waals surface area contributed by atoms with Crippen molar-refractivity contribution in [2.45, 2.75) is 0 Å². The van der Waals surface area contributed by atoms with E-state index in [1.807, 2.05) is 13.1 Å². The maximum Gasteiger partial charge on any atom is 0.131 e. The first-order valence-corrected chi connectivity index (χ1v) is 4.27. The van der Waals surface area contributed by atoms with Crippen LogP contribution in [0.25, 0.3) is 10.9 Å². The lowest BCUT2D eigenvalue weighted by atomic mass is 10.2. The van der Waals surface area contributed by atoms with Crippen molar-refractivity contribution in [2.75, 3.05) is 12.4 Å². The number of halogens is 1. The lowest BCUT2D eigenvalue weighted by Gasteiger charge is -2.04. The van der Waals surface area contributed by atoms with E-state index in [1.165, 1.54) is 0 Å². The molecule has 66 valence electrons. The first-order chi connectivity index (χ1) is 6.31. The van der Waals surface area contributed by atoms with Gasteiger partial charge in [0, 0.05) is 30.5 Å². The number of aromatic nitrogens is 2. The monoisotopic (exact) mass is 193 g/mol. The van der Waals surface area contributed by atoms with Crippen molar-refractivity contribution >= 4 is 28.2 Å². The SMILES string of the molecule is CNc1cc(Cl)nc2ccncc12. The van der Waals surface area contributed by atoms with Crippen LogP contribution in [0.3, 0.4) is 0 Å². The number of pyridine rings is 2. The van der Waals surface area contributed by atoms with Crippen LogP contribution in [0.2, 0.25) is 5.15 Å². The Labute approximate surface area is 80.8 Å². The fourth-order valence-corrected chi connectivity index (χ4v) is 1.44. The molecule has 2 aromatic rings. The Hall–Kier alpha value is -1.35. The number of rotatable bonds is 1. The Kier molecular flexibility index (Phi) is 2.02. The zero-order valence-corrected chi connectivity index (χ0v) is 7.84. The molecule has 0 radical (unpaired) electrons. The molecule has 0 atom stereocenters. The van der Waals surface area contributed by atoms with Gasteiger partial charge in [0.15, 0.2) is 0 Å². The Balaban J connectivity index is 2.81. The van der Waals surface area contributed by atoms with Gasteiger partial charge in [-0.2, -0.15) is 0 Å². The molecule has 0 bridgehead atoms. The first kappa shape index (κ1) is 8.26. The molecule has 0 saturated heterocycles. The van der Waals surface area contributed by atoms with Crippen molar-refractivity contribution in [2.24, 2.45) is 0 Å². The van der Waals surface area contributed by atoms with E-state index in [9.17, 15) is 0 Å². The van der Waals surface area contributed by atoms with Gasteiger partial charge in [0.25, 0.3) is 0 Å². The third-order valence-electron chi connectivity index (χ3n) is 1.85. The van der Waals surface area contributed by atoms with Crippen LogP contribution in [0.4, 0.5) is 5.69 Å². The van der Waals surface area contributed by atoms with Gasteiger partial charge in [-0.25, -0.2) is 4.98 Å². The predicted molar refractivity (Wildman–Crippen MR) is 54.1 cm³/mol. The fraction of sp³-hybridized carbons (Fsp3) is 0.111. The second-order valence-corrected chi connectivity index (χ2v) is 3.02. The summed E-state index contributed by atoms with van der Waals surface area (Å²) in [5.74, 6) is 0. The van der Waals surface area contributed by atoms with E-state index in [-0.39, 0.29) is 0 Å². The number of fused-ring (bicyclic) bond motifs is 1. The highest BCUT2D eigenvalue weighted by Gasteiger charge is 2.01. The Morgan fingerprint density at radius 3 is 3.08 bits per heavy atom. The van der Waals surface area contributed by atoms with Crippen LogP contribution < -0.4 is 5.32 Å². The highest BCUT2D eigenvalue weighted by molar-refractivity contribution is 6.30. The predicted octanol–water partition coefficient (Wildman–Crippen LogP) is 2.32. The second kappa shape index (κ2) is 3.18. The molecule has 0 aliphatic rings. The Morgan fingerprint density at radius 2 is 2.31 bits per heavy atom. The van der Waals surface area contributed by atoms with Gasteiger partial charge in [-0.05, 0) is 12.1 Å². The topological polar surface area (TPSA) is 37.8 Å². The third kappa shape index (κ3) is 1.42. The minimum Gasteiger partial charge on any atom is -0.387 e. The summed E-state index contributed by atoms with van der Waals surface area (Å²) in [6, 6.07) is 3.62. The number of anilines is 1. The summed E-state index contributed by atoms with van der Waals surface area (Å²) in [7, 11) is 1.85. The quantitative estimate of drug-likeness (QED) is 0.707. The van der Waals surface area contributed by atoms with Crippen LogP contribution in [0.15, 0.2) is 24.5 Å². The number of hydrogen-bond acceptors (Lipinski definition) is 3. The van der Waals surface area contributed by atoms with E-state index in [0.29, 0.717) is 5.15 Å². The van der Waals surface area contributed by atoms with Gasteiger partial charge >= 0.3 is 0 Å². The normalized spacial score (nSPS) is 10.3. The van der Waals surface area contributed by atoms with Crippen molar-refractivity contribution in [1.29, 1.82) is 0 Å². The van der Waals surface area contributed by atoms with Crippen LogP contribution in [-0.4, -0.2) is 17.0 Å². The van der Waals surface area contributed by atoms with Gasteiger partial charge in [-0.3, -0.25) is 4.98 Å². The van der Waals surface area contributed by atoms with E-state index >= 15 is 0 Å². The van der Waals surface area contributed by atoms with Gasteiger partial charge in [0.1, 0.15) is 5.15 Å². The molecule has 0 fully saturated rings. The molecule has 13 heavy (non-hydrogen) atoms. The molecule has 0 unspecified atom stereocenters. The molecule has 0 aliphatic heterocycles. The lowest BCUT2D eigenvalue weighted by Crippen LogP contribution is -1.92. The molecule has 0 aliphatic carbocycles. The highest BCUT2D eigenvalue weighted by atomic mass is 35.5. The minimum absolute atomic E-state index is 0.489. The third-order valence-corrected chi connectivity index (χ3v) is 2.04. The van der Waals surface area contributed by atoms with E-state index in [4.69, 9.17) is 11.6 Å². The first-order valence-electron chi connectivity index (χ1n) is 3.89. The molecule has 2 rings (SSSR count). The summed E-state index contributed by atoms with van der Waals surface area (Å²) >= 11 is 5.83. The molecular weight excluding hydrogens is 186 g/mol. The van der Waals surface area contributed by atoms with Crippen LogP contribution in [0, 0.1) is 0 Å². The van der Waals surface area contributed by atoms with Crippen molar-refractivity contribution in [3.8, 4) is 0 Å². The maximum atomic E-state index is 5.83. The van der Waals surface area contributed by atoms with Crippen LogP contribution in [-0.2, 0) is 0 Å². The van der Waals surface area contributed by atoms with Gasteiger partial charge < -0.3 is 5.32 Å². The number of nitrogens with zero attached hydrogens (tertiary/aromatic N) is 2. The Morgan fingerprint density at radius 1 is 1.46 bits per heavy atom. The summed E-state index contributed by atoms with van der Waals surface area (Å²) in [4.78, 5) is 8.20. The lowest BCUT2D eigenvalue weighted by molar-refractivity contribution is 1.32. The molecular formula is C9H8ClN3. The van der Waals surface area contributed by atoms with Crippen molar-refractivity contribution in [3.05, 3.63) is 29.7 Å². The van der Waals surface area contributed by atoms with E-state index < -0.39 is 0 Å². The maximum absolute atomic E-state index is 5.83. The average Bonchev–Trinajstić information content (AvgIpc) is 2.16. The summed E-state index contributed by atoms with van der Waals surface area (Å²) < 4.78 is 0. The van der Waals surface area contributed by atoms with Gasteiger partial charge in [0.05, 0.1) is 5.52 Å². The summed E-state index contributed by atoms with van der Waals surface area (Å²) in [6.07, 6.45) is 3.47. The van der Waals surface area contributed by atoms with Gasteiger partial charge in [0.2, 0.25) is 0 Å². The van der Waals surface area contributed by atoms with E-state index in [2.05, 4.69) is 15.3 Å². The molecule has 2 heterocycles. The standard InChI is InChI=1S/C9H8ClN3/c1-11-8-4-9(10)13-7-2-3-12-5-6(7)8/h2-5H,1H3,(H,11,13). The average molecular weight is 194 g/mol. The molecule has 0 amide bonds. The fourth-order valence-electron chi connectivity index (χ4n) is 1.24. The number of nitrogens with one attached hydrogen (secondary N) is 1. The summed E-state index contributed by atoms with van der Waals surface area (Å²) in [6.45, 7) is 0. The molecule has 0 aromatic carbocycles. The van der Waals surface area contributed by atoms with Crippen LogP contribution in [0.1, 0.15) is 0 Å². The molecule has 3 nitrogen and oxygen atoms in total. The molecule has 0 spiro atoms. The van der Waals surface area contributed by atoms with E-state index in [0.717, 1.165) is 16.6 Å². The van der Waals surface area contributed by atoms with Crippen molar-refractivity contribution < 1.29 is 0 Å². The second-order valence-electron chi connectivity index (χ2n) is 2.64. The number of hydrogen-bond donors (Lipinski definition) is 1. The van der Waals surface area contributed by atoms with Crippen molar-refractivity contribution in [1.82, 2.24) is 9.97 Å². The zero-order valence-electron chi connectivity index (χ0n) is 7.08. The smallest absolute Gasteiger partial charge is 0.131 e. The van der Waals surface area contributed by atoms with Gasteiger partial charge in [-0.15, -0.1) is 0 Å².